The van der Waals surface area contributed by atoms with E-state index in [2.05, 4.69) is 15.0 Å². The van der Waals surface area contributed by atoms with Crippen LogP contribution in [0.1, 0.15) is 51.5 Å². The van der Waals surface area contributed by atoms with Crippen LogP contribution in [0.25, 0.3) is 11.2 Å². The van der Waals surface area contributed by atoms with Crippen LogP contribution in [-0.2, 0) is 9.53 Å². The van der Waals surface area contributed by atoms with E-state index in [4.69, 9.17) is 27.7 Å². The fourth-order valence-corrected chi connectivity index (χ4v) is 5.14. The van der Waals surface area contributed by atoms with Crippen LogP contribution in [0.4, 0.5) is 11.8 Å². The third kappa shape index (κ3) is 4.60. The summed E-state index contributed by atoms with van der Waals surface area (Å²) in [4.78, 5) is 27.1. The summed E-state index contributed by atoms with van der Waals surface area (Å²) in [5.74, 6) is 0.220. The number of rotatable bonds is 6. The van der Waals surface area contributed by atoms with Crippen molar-refractivity contribution in [3.8, 4) is 0 Å². The average Bonchev–Trinajstić information content (AvgIpc) is 3.17. The Balaban J connectivity index is 1.43. The van der Waals surface area contributed by atoms with Crippen molar-refractivity contribution in [1.29, 1.82) is 0 Å². The maximum atomic E-state index is 12.7. The van der Waals surface area contributed by atoms with Crippen molar-refractivity contribution in [2.24, 2.45) is 11.5 Å². The molecule has 12 nitrogen and oxygen atoms in total. The Bertz CT molecular complexity index is 1000. The van der Waals surface area contributed by atoms with Crippen molar-refractivity contribution in [2.45, 2.75) is 68.7 Å². The summed E-state index contributed by atoms with van der Waals surface area (Å²) < 4.78 is 8.12. The molecular formula is C21H35N9O3. The highest BCUT2D eigenvalue weighted by Gasteiger charge is 2.50. The third-order valence-corrected chi connectivity index (χ3v) is 7.02. The van der Waals surface area contributed by atoms with E-state index in [1.54, 1.807) is 17.8 Å². The Kier molecular flexibility index (Phi) is 6.45. The molecule has 182 valence electrons. The monoisotopic (exact) mass is 461 g/mol. The molecule has 0 aliphatic carbocycles. The molecule has 33 heavy (non-hydrogen) atoms. The number of ether oxygens (including phenoxy) is 1. The zero-order chi connectivity index (χ0) is 23.8. The van der Waals surface area contributed by atoms with Crippen molar-refractivity contribution in [2.75, 3.05) is 37.7 Å². The van der Waals surface area contributed by atoms with Crippen LogP contribution in [0.2, 0.25) is 0 Å². The van der Waals surface area contributed by atoms with Gasteiger partial charge in [0.2, 0.25) is 11.9 Å². The number of anilines is 2. The van der Waals surface area contributed by atoms with Gasteiger partial charge in [0.25, 0.3) is 0 Å². The van der Waals surface area contributed by atoms with Gasteiger partial charge in [0.15, 0.2) is 11.5 Å². The number of amides is 1. The van der Waals surface area contributed by atoms with Crippen molar-refractivity contribution >= 4 is 28.8 Å². The summed E-state index contributed by atoms with van der Waals surface area (Å²) in [5, 5.41) is 11.5. The summed E-state index contributed by atoms with van der Waals surface area (Å²) >= 11 is 0. The fraction of sp³-hybridized carbons (Fsp3) is 0.714. The molecule has 0 radical (unpaired) electrons. The van der Waals surface area contributed by atoms with E-state index >= 15 is 0 Å². The lowest BCUT2D eigenvalue weighted by Gasteiger charge is -2.51. The van der Waals surface area contributed by atoms with Gasteiger partial charge in [0.05, 0.1) is 36.2 Å². The van der Waals surface area contributed by atoms with Crippen LogP contribution in [0, 0.1) is 0 Å². The first kappa shape index (κ1) is 23.6. The Labute approximate surface area is 192 Å². The Morgan fingerprint density at radius 2 is 2.03 bits per heavy atom. The Morgan fingerprint density at radius 1 is 1.30 bits per heavy atom. The second kappa shape index (κ2) is 9.01. The minimum atomic E-state index is -1.09. The summed E-state index contributed by atoms with van der Waals surface area (Å²) in [6.07, 6.45) is 5.65. The third-order valence-electron chi connectivity index (χ3n) is 7.02. The molecule has 1 amide bonds. The minimum absolute atomic E-state index is 0.0259. The number of hydrogen-bond donors (Lipinski definition) is 5. The standard InChI is InChI=1S/C21H35N9O3/c1-20(32)11-21(5-8-29(9-6-21)18(31)13(23)4-2-3-7-22)33-10-14(20)30-12-26-15-16(24)27-19(25)28-17(15)30/h12-14,32H,2-11,22-23H2,1H3,(H4,24,25,27,28)/t13-,14+,20+/m0/s1. The molecule has 2 saturated heterocycles. The number of fused-ring (bicyclic) bond motifs is 1. The first-order valence-corrected chi connectivity index (χ1v) is 11.5. The quantitative estimate of drug-likeness (QED) is 0.350. The number of aliphatic hydroxyl groups is 1. The number of aromatic nitrogens is 4. The molecule has 12 heteroatoms. The highest BCUT2D eigenvalue weighted by atomic mass is 16.5. The lowest BCUT2D eigenvalue weighted by molar-refractivity contribution is -0.197. The van der Waals surface area contributed by atoms with Gasteiger partial charge < -0.3 is 42.2 Å². The molecule has 2 aromatic heterocycles. The predicted octanol–water partition coefficient (Wildman–Crippen LogP) is -0.479. The van der Waals surface area contributed by atoms with Gasteiger partial charge in [0.1, 0.15) is 5.52 Å². The van der Waals surface area contributed by atoms with Crippen molar-refractivity contribution in [3.05, 3.63) is 6.33 Å². The maximum Gasteiger partial charge on any atom is 0.239 e. The number of nitrogens with zero attached hydrogens (tertiary/aromatic N) is 5. The zero-order valence-electron chi connectivity index (χ0n) is 19.1. The molecule has 0 saturated carbocycles. The van der Waals surface area contributed by atoms with Gasteiger partial charge >= 0.3 is 0 Å². The van der Waals surface area contributed by atoms with Crippen molar-refractivity contribution < 1.29 is 14.6 Å². The predicted molar refractivity (Wildman–Crippen MR) is 124 cm³/mol. The summed E-state index contributed by atoms with van der Waals surface area (Å²) in [7, 11) is 0. The molecular weight excluding hydrogens is 426 g/mol. The lowest BCUT2D eigenvalue weighted by Crippen LogP contribution is -2.59. The van der Waals surface area contributed by atoms with Crippen LogP contribution in [-0.4, -0.2) is 78.9 Å². The number of nitrogen functional groups attached to an aromatic ring is 2. The molecule has 0 aromatic carbocycles. The largest absolute Gasteiger partial charge is 0.388 e. The van der Waals surface area contributed by atoms with E-state index in [0.717, 1.165) is 12.8 Å². The van der Waals surface area contributed by atoms with Gasteiger partial charge in [-0.2, -0.15) is 9.97 Å². The molecule has 1 spiro atoms. The molecule has 2 fully saturated rings. The Hall–Kier alpha value is -2.54. The fourth-order valence-electron chi connectivity index (χ4n) is 5.14. The van der Waals surface area contributed by atoms with E-state index in [9.17, 15) is 9.90 Å². The molecule has 3 atom stereocenters. The second-order valence-corrected chi connectivity index (χ2v) is 9.55. The van der Waals surface area contributed by atoms with Crippen LogP contribution in [0.5, 0.6) is 0 Å². The molecule has 2 aromatic rings. The van der Waals surface area contributed by atoms with E-state index in [1.807, 2.05) is 4.90 Å². The number of carbonyl (C=O) groups is 1. The molecule has 0 bridgehead atoms. The number of likely N-dealkylation sites (tertiary alicyclic amines) is 1. The Morgan fingerprint density at radius 3 is 2.70 bits per heavy atom. The SMILES string of the molecule is C[C@@]1(O)CC2(CCN(C(=O)[C@@H](N)CCCCN)CC2)OC[C@H]1n1cnc2c(N)nc(N)nc21. The van der Waals surface area contributed by atoms with Crippen LogP contribution in [0.15, 0.2) is 6.33 Å². The minimum Gasteiger partial charge on any atom is -0.388 e. The molecule has 9 N–H and O–H groups in total. The van der Waals surface area contributed by atoms with E-state index in [1.165, 1.54) is 0 Å². The van der Waals surface area contributed by atoms with Gasteiger partial charge in [0, 0.05) is 19.5 Å². The van der Waals surface area contributed by atoms with Crippen molar-refractivity contribution in [3.63, 3.8) is 0 Å². The average molecular weight is 462 g/mol. The number of nitrogens with two attached hydrogens (primary N) is 4. The van der Waals surface area contributed by atoms with Gasteiger partial charge in [-0.1, -0.05) is 6.42 Å². The number of unbranched alkanes of at least 4 members (excludes halogenated alkanes) is 1. The molecule has 2 aliphatic heterocycles. The van der Waals surface area contributed by atoms with Crippen LogP contribution in [0.3, 0.4) is 0 Å². The molecule has 2 aliphatic rings. The van der Waals surface area contributed by atoms with Gasteiger partial charge in [-0.3, -0.25) is 4.79 Å². The number of hydrogen-bond acceptors (Lipinski definition) is 10. The lowest BCUT2D eigenvalue weighted by atomic mass is 9.75. The highest BCUT2D eigenvalue weighted by Crippen LogP contribution is 2.44. The summed E-state index contributed by atoms with van der Waals surface area (Å²) in [5.41, 5.74) is 22.6. The van der Waals surface area contributed by atoms with E-state index in [0.29, 0.717) is 56.5 Å². The van der Waals surface area contributed by atoms with Crippen molar-refractivity contribution in [1.82, 2.24) is 24.4 Å². The van der Waals surface area contributed by atoms with Crippen LogP contribution < -0.4 is 22.9 Å². The topological polar surface area (TPSA) is 197 Å². The van der Waals surface area contributed by atoms with E-state index in [-0.39, 0.29) is 24.3 Å². The number of imidazole rings is 1. The summed E-state index contributed by atoms with van der Waals surface area (Å²) in [6, 6.07) is -0.917. The number of carbonyl (C=O) groups excluding carboxylic acids is 1. The summed E-state index contributed by atoms with van der Waals surface area (Å²) in [6.45, 7) is 3.78. The first-order chi connectivity index (χ1) is 15.7. The van der Waals surface area contributed by atoms with E-state index < -0.39 is 23.3 Å². The van der Waals surface area contributed by atoms with Gasteiger partial charge in [-0.15, -0.1) is 0 Å². The molecule has 4 heterocycles. The first-order valence-electron chi connectivity index (χ1n) is 11.5. The maximum absolute atomic E-state index is 12.7. The van der Waals surface area contributed by atoms with Gasteiger partial charge in [-0.25, -0.2) is 4.98 Å². The smallest absolute Gasteiger partial charge is 0.239 e. The highest BCUT2D eigenvalue weighted by molar-refractivity contribution is 5.83. The molecule has 0 unspecified atom stereocenters. The normalized spacial score (nSPS) is 26.1. The van der Waals surface area contributed by atoms with Crippen LogP contribution >= 0.6 is 0 Å². The zero-order valence-corrected chi connectivity index (χ0v) is 19.1. The molecule has 4 rings (SSSR count). The second-order valence-electron chi connectivity index (χ2n) is 9.55. The van der Waals surface area contributed by atoms with Gasteiger partial charge in [-0.05, 0) is 39.2 Å². The number of piperidine rings is 1.